The van der Waals surface area contributed by atoms with Crippen LogP contribution in [0.15, 0.2) is 29.2 Å². The van der Waals surface area contributed by atoms with Gasteiger partial charge in [0.2, 0.25) is 0 Å². The standard InChI is InChI=1S/C14H14F3N3O/c15-14(16,17)10-3-6-20-12(7-10)19-11(8-13(20)21)9-1-4-18-5-2-9/h3,6-9,18H,1-2,4-5H2. The van der Waals surface area contributed by atoms with Gasteiger partial charge in [0.25, 0.3) is 5.56 Å². The van der Waals surface area contributed by atoms with Gasteiger partial charge in [-0.1, -0.05) is 0 Å². The molecule has 4 nitrogen and oxygen atoms in total. The van der Waals surface area contributed by atoms with E-state index in [-0.39, 0.29) is 17.1 Å². The van der Waals surface area contributed by atoms with Crippen molar-refractivity contribution < 1.29 is 13.2 Å². The predicted octanol–water partition coefficient (Wildman–Crippen LogP) is 2.18. The van der Waals surface area contributed by atoms with Gasteiger partial charge in [-0.3, -0.25) is 9.20 Å². The van der Waals surface area contributed by atoms with Gasteiger partial charge in [-0.05, 0) is 38.1 Å². The molecule has 1 saturated heterocycles. The van der Waals surface area contributed by atoms with Crippen molar-refractivity contribution >= 4 is 5.65 Å². The van der Waals surface area contributed by atoms with E-state index in [0.717, 1.165) is 48.7 Å². The molecule has 0 unspecified atom stereocenters. The molecule has 1 aliphatic rings. The lowest BCUT2D eigenvalue weighted by Gasteiger charge is -2.22. The number of aromatic nitrogens is 2. The summed E-state index contributed by atoms with van der Waals surface area (Å²) in [5, 5.41) is 3.21. The Labute approximate surface area is 118 Å². The summed E-state index contributed by atoms with van der Waals surface area (Å²) in [4.78, 5) is 16.3. The fourth-order valence-corrected chi connectivity index (χ4v) is 2.62. The molecule has 0 aliphatic carbocycles. The number of piperidine rings is 1. The average Bonchev–Trinajstić information content (AvgIpc) is 2.46. The van der Waals surface area contributed by atoms with Crippen molar-refractivity contribution in [1.82, 2.24) is 14.7 Å². The van der Waals surface area contributed by atoms with Crippen LogP contribution in [0.3, 0.4) is 0 Å². The molecule has 0 atom stereocenters. The van der Waals surface area contributed by atoms with Crippen LogP contribution in [0.2, 0.25) is 0 Å². The zero-order valence-corrected chi connectivity index (χ0v) is 11.2. The lowest BCUT2D eigenvalue weighted by atomic mass is 9.94. The summed E-state index contributed by atoms with van der Waals surface area (Å²) in [6.45, 7) is 1.66. The smallest absolute Gasteiger partial charge is 0.317 e. The second-order valence-corrected chi connectivity index (χ2v) is 5.18. The number of nitrogens with one attached hydrogen (secondary N) is 1. The second-order valence-electron chi connectivity index (χ2n) is 5.18. The number of rotatable bonds is 1. The third-order valence-corrected chi connectivity index (χ3v) is 3.77. The first kappa shape index (κ1) is 14.1. The molecule has 21 heavy (non-hydrogen) atoms. The number of hydrogen-bond acceptors (Lipinski definition) is 3. The number of halogens is 3. The van der Waals surface area contributed by atoms with E-state index >= 15 is 0 Å². The summed E-state index contributed by atoms with van der Waals surface area (Å²) in [6, 6.07) is 3.24. The Hall–Kier alpha value is -1.89. The van der Waals surface area contributed by atoms with Crippen LogP contribution in [-0.2, 0) is 6.18 Å². The lowest BCUT2D eigenvalue weighted by molar-refractivity contribution is -0.137. The van der Waals surface area contributed by atoms with Gasteiger partial charge in [0.05, 0.1) is 11.3 Å². The van der Waals surface area contributed by atoms with E-state index in [1.54, 1.807) is 0 Å². The summed E-state index contributed by atoms with van der Waals surface area (Å²) in [5.74, 6) is 0.124. The molecular formula is C14H14F3N3O. The Kier molecular flexibility index (Phi) is 3.44. The van der Waals surface area contributed by atoms with E-state index in [2.05, 4.69) is 10.3 Å². The van der Waals surface area contributed by atoms with E-state index in [1.165, 1.54) is 6.07 Å². The molecule has 1 fully saturated rings. The van der Waals surface area contributed by atoms with Gasteiger partial charge in [-0.15, -0.1) is 0 Å². The van der Waals surface area contributed by atoms with Gasteiger partial charge in [0.1, 0.15) is 5.65 Å². The molecule has 0 aromatic carbocycles. The number of hydrogen-bond donors (Lipinski definition) is 1. The minimum atomic E-state index is -4.44. The maximum absolute atomic E-state index is 12.7. The molecule has 0 amide bonds. The van der Waals surface area contributed by atoms with Gasteiger partial charge in [-0.2, -0.15) is 13.2 Å². The van der Waals surface area contributed by atoms with Crippen LogP contribution in [0.4, 0.5) is 13.2 Å². The molecule has 3 heterocycles. The fraction of sp³-hybridized carbons (Fsp3) is 0.429. The maximum atomic E-state index is 12.7. The van der Waals surface area contributed by atoms with Crippen molar-refractivity contribution in [3.05, 3.63) is 46.0 Å². The topological polar surface area (TPSA) is 46.4 Å². The average molecular weight is 297 g/mol. The Morgan fingerprint density at radius 1 is 1.24 bits per heavy atom. The van der Waals surface area contributed by atoms with Gasteiger partial charge < -0.3 is 5.32 Å². The summed E-state index contributed by atoms with van der Waals surface area (Å²) < 4.78 is 39.4. The first-order valence-electron chi connectivity index (χ1n) is 6.76. The first-order chi connectivity index (χ1) is 9.95. The predicted molar refractivity (Wildman–Crippen MR) is 71.3 cm³/mol. The molecule has 1 N–H and O–H groups in total. The van der Waals surface area contributed by atoms with Gasteiger partial charge in [0.15, 0.2) is 0 Å². The Morgan fingerprint density at radius 3 is 2.62 bits per heavy atom. The molecule has 0 saturated carbocycles. The van der Waals surface area contributed by atoms with Crippen molar-refractivity contribution in [2.24, 2.45) is 0 Å². The molecular weight excluding hydrogens is 283 g/mol. The third kappa shape index (κ3) is 2.78. The van der Waals surface area contributed by atoms with Gasteiger partial charge >= 0.3 is 6.18 Å². The normalized spacial score (nSPS) is 17.3. The Morgan fingerprint density at radius 2 is 1.95 bits per heavy atom. The van der Waals surface area contributed by atoms with Crippen LogP contribution in [0.1, 0.15) is 30.0 Å². The van der Waals surface area contributed by atoms with Crippen molar-refractivity contribution in [3.63, 3.8) is 0 Å². The van der Waals surface area contributed by atoms with Crippen molar-refractivity contribution in [2.75, 3.05) is 13.1 Å². The summed E-state index contributed by atoms with van der Waals surface area (Å²) in [6.07, 6.45) is -1.65. The minimum Gasteiger partial charge on any atom is -0.317 e. The van der Waals surface area contributed by atoms with Crippen LogP contribution < -0.4 is 10.9 Å². The van der Waals surface area contributed by atoms with Crippen molar-refractivity contribution in [2.45, 2.75) is 24.9 Å². The zero-order valence-electron chi connectivity index (χ0n) is 11.2. The minimum absolute atomic E-state index is 0.0471. The van der Waals surface area contributed by atoms with Crippen molar-refractivity contribution in [3.8, 4) is 0 Å². The molecule has 0 spiro atoms. The molecule has 1 aliphatic heterocycles. The number of alkyl halides is 3. The maximum Gasteiger partial charge on any atom is 0.416 e. The van der Waals surface area contributed by atoms with Crippen LogP contribution in [0, 0.1) is 0 Å². The summed E-state index contributed by atoms with van der Waals surface area (Å²) in [5.41, 5.74) is -0.509. The largest absolute Gasteiger partial charge is 0.416 e. The van der Waals surface area contributed by atoms with Crippen LogP contribution in [0.5, 0.6) is 0 Å². The van der Waals surface area contributed by atoms with Gasteiger partial charge in [-0.25, -0.2) is 4.98 Å². The third-order valence-electron chi connectivity index (χ3n) is 3.77. The van der Waals surface area contributed by atoms with E-state index < -0.39 is 11.7 Å². The molecule has 2 aromatic rings. The van der Waals surface area contributed by atoms with E-state index in [4.69, 9.17) is 0 Å². The van der Waals surface area contributed by atoms with Gasteiger partial charge in [0, 0.05) is 18.2 Å². The molecule has 7 heteroatoms. The van der Waals surface area contributed by atoms with E-state index in [9.17, 15) is 18.0 Å². The SMILES string of the molecule is O=c1cc(C2CCNCC2)nc2cc(C(F)(F)F)ccn12. The van der Waals surface area contributed by atoms with Crippen molar-refractivity contribution in [1.29, 1.82) is 0 Å². The highest BCUT2D eigenvalue weighted by Crippen LogP contribution is 2.29. The quantitative estimate of drug-likeness (QED) is 0.877. The molecule has 0 bridgehead atoms. The monoisotopic (exact) mass is 297 g/mol. The number of nitrogens with zero attached hydrogens (tertiary/aromatic N) is 2. The molecule has 2 aromatic heterocycles. The molecule has 3 rings (SSSR count). The van der Waals surface area contributed by atoms with Crippen LogP contribution in [0.25, 0.3) is 5.65 Å². The summed E-state index contributed by atoms with van der Waals surface area (Å²) in [7, 11) is 0. The zero-order chi connectivity index (χ0) is 15.0. The summed E-state index contributed by atoms with van der Waals surface area (Å²) >= 11 is 0. The Balaban J connectivity index is 2.10. The molecule has 112 valence electrons. The fourth-order valence-electron chi connectivity index (χ4n) is 2.62. The lowest BCUT2D eigenvalue weighted by Crippen LogP contribution is -2.28. The van der Waals surface area contributed by atoms with Crippen LogP contribution >= 0.6 is 0 Å². The van der Waals surface area contributed by atoms with E-state index in [0.29, 0.717) is 5.69 Å². The highest BCUT2D eigenvalue weighted by molar-refractivity contribution is 5.43. The molecule has 0 radical (unpaired) electrons. The first-order valence-corrected chi connectivity index (χ1v) is 6.76. The number of fused-ring (bicyclic) bond motifs is 1. The highest BCUT2D eigenvalue weighted by atomic mass is 19.4. The van der Waals surface area contributed by atoms with E-state index in [1.807, 2.05) is 0 Å². The highest BCUT2D eigenvalue weighted by Gasteiger charge is 2.31. The second kappa shape index (κ2) is 5.14. The Bertz CT molecular complexity index is 717. The van der Waals surface area contributed by atoms with Crippen LogP contribution in [-0.4, -0.2) is 22.5 Å². The number of pyridine rings is 1.